The number of aliphatic hydroxyl groups excluding tert-OH is 1. The topological polar surface area (TPSA) is 125 Å². The lowest BCUT2D eigenvalue weighted by Gasteiger charge is -2.37. The molecule has 0 unspecified atom stereocenters. The molecule has 4 aliphatic heterocycles. The minimum atomic E-state index is -1.25. The Morgan fingerprint density at radius 2 is 1.94 bits per heavy atom. The van der Waals surface area contributed by atoms with Gasteiger partial charge in [-0.15, -0.1) is 0 Å². The monoisotopic (exact) mass is 503 g/mol. The number of nitrogens with one attached hydrogen (secondary N) is 1. The van der Waals surface area contributed by atoms with Crippen LogP contribution in [0.3, 0.4) is 0 Å². The number of ether oxygens (including phenoxy) is 2. The third-order valence-corrected chi connectivity index (χ3v) is 7.50. The first-order valence-corrected chi connectivity index (χ1v) is 12.9. The van der Waals surface area contributed by atoms with Crippen LogP contribution in [0.1, 0.15) is 46.5 Å². The highest BCUT2D eigenvalue weighted by Crippen LogP contribution is 2.55. The van der Waals surface area contributed by atoms with Crippen molar-refractivity contribution < 1.29 is 33.8 Å². The third-order valence-electron chi connectivity index (χ3n) is 7.50. The van der Waals surface area contributed by atoms with Gasteiger partial charge in [-0.05, 0) is 40.0 Å². The van der Waals surface area contributed by atoms with E-state index in [9.17, 15) is 24.3 Å². The Morgan fingerprint density at radius 3 is 2.67 bits per heavy atom. The summed E-state index contributed by atoms with van der Waals surface area (Å²) in [5.41, 5.74) is -1.25. The molecule has 0 aromatic heterocycles. The van der Waals surface area contributed by atoms with Crippen LogP contribution in [0.2, 0.25) is 0 Å². The fraction of sp³-hybridized carbons (Fsp3) is 0.692. The fourth-order valence-electron chi connectivity index (χ4n) is 5.75. The minimum Gasteiger partial charge on any atom is -0.460 e. The van der Waals surface area contributed by atoms with Crippen LogP contribution >= 0.6 is 0 Å². The van der Waals surface area contributed by atoms with Gasteiger partial charge in [0.15, 0.2) is 0 Å². The maximum atomic E-state index is 14.1. The van der Waals surface area contributed by atoms with Gasteiger partial charge in [-0.1, -0.05) is 24.3 Å². The van der Waals surface area contributed by atoms with Crippen LogP contribution in [-0.2, 0) is 28.7 Å². The van der Waals surface area contributed by atoms with Crippen LogP contribution in [0, 0.1) is 11.8 Å². The molecule has 4 rings (SSSR count). The Kier molecular flexibility index (Phi) is 7.85. The van der Waals surface area contributed by atoms with Crippen molar-refractivity contribution in [3.8, 4) is 0 Å². The number of hydrogen-bond donors (Lipinski definition) is 2. The summed E-state index contributed by atoms with van der Waals surface area (Å²) in [6.07, 6.45) is 7.85. The van der Waals surface area contributed by atoms with E-state index in [4.69, 9.17) is 9.47 Å². The van der Waals surface area contributed by atoms with Crippen molar-refractivity contribution in [2.45, 2.75) is 76.3 Å². The van der Waals surface area contributed by atoms with E-state index < -0.39 is 41.7 Å². The molecule has 0 saturated carbocycles. The predicted octanol–water partition coefficient (Wildman–Crippen LogP) is 0.544. The summed E-state index contributed by atoms with van der Waals surface area (Å²) < 4.78 is 12.0. The van der Waals surface area contributed by atoms with Crippen molar-refractivity contribution in [2.24, 2.45) is 11.8 Å². The highest BCUT2D eigenvalue weighted by atomic mass is 16.6. The molecule has 2 saturated heterocycles. The van der Waals surface area contributed by atoms with Crippen molar-refractivity contribution in [1.82, 2.24) is 15.1 Å². The van der Waals surface area contributed by atoms with Gasteiger partial charge in [0, 0.05) is 32.2 Å². The van der Waals surface area contributed by atoms with E-state index in [0.29, 0.717) is 25.8 Å². The number of cyclic esters (lactones) is 1. The first-order chi connectivity index (χ1) is 17.2. The number of allylic oxidation sites excluding steroid dienone is 1. The van der Waals surface area contributed by atoms with Gasteiger partial charge in [0.05, 0.1) is 18.6 Å². The van der Waals surface area contributed by atoms with Crippen molar-refractivity contribution in [2.75, 3.05) is 26.2 Å². The molecular weight excluding hydrogens is 466 g/mol. The molecule has 3 amide bonds. The molecule has 4 aliphatic rings. The van der Waals surface area contributed by atoms with E-state index in [2.05, 4.69) is 5.32 Å². The average molecular weight is 504 g/mol. The number of unbranched alkanes of at least 4 members (excludes halogenated alkanes) is 1. The number of rotatable bonds is 5. The van der Waals surface area contributed by atoms with E-state index in [1.807, 2.05) is 26.0 Å². The molecule has 198 valence electrons. The second-order valence-corrected chi connectivity index (χ2v) is 10.3. The molecule has 6 atom stereocenters. The van der Waals surface area contributed by atoms with E-state index >= 15 is 0 Å². The maximum absolute atomic E-state index is 14.1. The van der Waals surface area contributed by atoms with Crippen molar-refractivity contribution in [3.05, 3.63) is 24.3 Å². The van der Waals surface area contributed by atoms with Crippen molar-refractivity contribution in [3.63, 3.8) is 0 Å². The van der Waals surface area contributed by atoms with Gasteiger partial charge in [0.25, 0.3) is 0 Å². The smallest absolute Gasteiger partial charge is 0.313 e. The zero-order chi connectivity index (χ0) is 26.0. The first kappa shape index (κ1) is 26.3. The molecule has 0 aromatic rings. The molecule has 10 heteroatoms. The first-order valence-electron chi connectivity index (χ1n) is 12.9. The number of amides is 3. The summed E-state index contributed by atoms with van der Waals surface area (Å²) in [7, 11) is 0. The van der Waals surface area contributed by atoms with Crippen LogP contribution in [0.25, 0.3) is 0 Å². The third kappa shape index (κ3) is 4.68. The lowest BCUT2D eigenvalue weighted by molar-refractivity contribution is -0.158. The highest BCUT2D eigenvalue weighted by molar-refractivity contribution is 5.99. The quantitative estimate of drug-likeness (QED) is 0.319. The number of carbonyl (C=O) groups excluding carboxylic acids is 4. The molecule has 36 heavy (non-hydrogen) atoms. The summed E-state index contributed by atoms with van der Waals surface area (Å²) in [4.78, 5) is 56.6. The van der Waals surface area contributed by atoms with Gasteiger partial charge in [0.1, 0.15) is 23.7 Å². The van der Waals surface area contributed by atoms with Crippen LogP contribution in [0.5, 0.6) is 0 Å². The molecule has 0 aliphatic carbocycles. The molecule has 10 nitrogen and oxygen atoms in total. The second kappa shape index (κ2) is 10.7. The molecule has 5 bridgehead atoms. The Morgan fingerprint density at radius 1 is 1.17 bits per heavy atom. The lowest BCUT2D eigenvalue weighted by Crippen LogP contribution is -2.57. The number of esters is 1. The van der Waals surface area contributed by atoms with E-state index in [1.54, 1.807) is 28.9 Å². The fourth-order valence-corrected chi connectivity index (χ4v) is 5.75. The molecule has 0 radical (unpaired) electrons. The standard InChI is InChI=1S/C26H37N3O7/c1-16(2)28-12-6-4-5-9-19(31)27-15-17(3)35-25(34)20-18-10-11-26(36-18)21(20)23(32)29(13-7-8-14-30)22(26)24(28)33/h4,6,10-11,16-18,20-22,30H,5,7-9,12-15H2,1-3H3,(H,27,31)/b6-4-/t17-,18+,20-,21-,22+,26-/m0/s1. The van der Waals surface area contributed by atoms with Crippen LogP contribution < -0.4 is 5.32 Å². The van der Waals surface area contributed by atoms with Gasteiger partial charge in [-0.25, -0.2) is 0 Å². The zero-order valence-corrected chi connectivity index (χ0v) is 21.2. The number of fused-ring (bicyclic) bond motifs is 2. The summed E-state index contributed by atoms with van der Waals surface area (Å²) in [6, 6.07) is -1.07. The second-order valence-electron chi connectivity index (χ2n) is 10.3. The SMILES string of the molecule is CC(C)N1C/C=C\CCC(=O)NC[C@H](C)OC(=O)[C@@H]2[C@H]3C(=O)N(CCCCO)[C@H](C1=O)[C@]31C=C[C@H]2O1. The lowest BCUT2D eigenvalue weighted by atomic mass is 9.74. The number of carbonyl (C=O) groups is 4. The minimum absolute atomic E-state index is 0.0139. The summed E-state index contributed by atoms with van der Waals surface area (Å²) in [6.45, 7) is 6.27. The average Bonchev–Trinajstić information content (AvgIpc) is 3.46. The number of hydrogen-bond acceptors (Lipinski definition) is 7. The predicted molar refractivity (Wildman–Crippen MR) is 129 cm³/mol. The molecule has 2 N–H and O–H groups in total. The van der Waals surface area contributed by atoms with E-state index in [0.717, 1.165) is 0 Å². The normalized spacial score (nSPS) is 35.9. The molecule has 0 aromatic carbocycles. The number of aliphatic hydroxyl groups is 1. The van der Waals surface area contributed by atoms with Crippen molar-refractivity contribution in [1.29, 1.82) is 0 Å². The van der Waals surface area contributed by atoms with Gasteiger partial charge in [0.2, 0.25) is 17.7 Å². The van der Waals surface area contributed by atoms with Crippen LogP contribution in [0.15, 0.2) is 24.3 Å². The Hall–Kier alpha value is -2.72. The maximum Gasteiger partial charge on any atom is 0.313 e. The Balaban J connectivity index is 1.73. The van der Waals surface area contributed by atoms with Crippen molar-refractivity contribution >= 4 is 23.7 Å². The van der Waals surface area contributed by atoms with Gasteiger partial charge in [-0.3, -0.25) is 19.2 Å². The largest absolute Gasteiger partial charge is 0.460 e. The van der Waals surface area contributed by atoms with Gasteiger partial charge < -0.3 is 29.7 Å². The van der Waals surface area contributed by atoms with E-state index in [1.165, 1.54) is 0 Å². The van der Waals surface area contributed by atoms with Gasteiger partial charge in [-0.2, -0.15) is 0 Å². The Labute approximate surface area is 211 Å². The highest BCUT2D eigenvalue weighted by Gasteiger charge is 2.73. The molecule has 1 spiro atoms. The molecule has 4 heterocycles. The summed E-state index contributed by atoms with van der Waals surface area (Å²) in [5, 5.41) is 12.1. The molecule has 2 fully saturated rings. The van der Waals surface area contributed by atoms with Crippen LogP contribution in [-0.4, -0.2) is 94.7 Å². The molecular formula is C26H37N3O7. The van der Waals surface area contributed by atoms with Crippen LogP contribution in [0.4, 0.5) is 0 Å². The van der Waals surface area contributed by atoms with Gasteiger partial charge >= 0.3 is 5.97 Å². The summed E-state index contributed by atoms with van der Waals surface area (Å²) in [5.74, 6) is -3.01. The number of likely N-dealkylation sites (tertiary alicyclic amines) is 1. The summed E-state index contributed by atoms with van der Waals surface area (Å²) >= 11 is 0. The zero-order valence-electron chi connectivity index (χ0n) is 21.2. The number of nitrogens with zero attached hydrogens (tertiary/aromatic N) is 2. The Bertz CT molecular complexity index is 948. The van der Waals surface area contributed by atoms with E-state index in [-0.39, 0.29) is 49.9 Å².